The first-order valence-electron chi connectivity index (χ1n) is 23.3. The van der Waals surface area contributed by atoms with Gasteiger partial charge in [-0.1, -0.05) is 74.2 Å². The molecule has 0 aliphatic heterocycles. The van der Waals surface area contributed by atoms with Crippen LogP contribution in [0.4, 0.5) is 27.1 Å². The van der Waals surface area contributed by atoms with Crippen LogP contribution in [0.25, 0.3) is 22.2 Å². The van der Waals surface area contributed by atoms with Gasteiger partial charge < -0.3 is 25.6 Å². The first-order chi connectivity index (χ1) is 34.0. The molecule has 0 saturated heterocycles. The smallest absolute Gasteiger partial charge is 0.253 e. The van der Waals surface area contributed by atoms with E-state index in [1.54, 1.807) is 85.2 Å². The van der Waals surface area contributed by atoms with Crippen molar-refractivity contribution in [3.63, 3.8) is 0 Å². The molecule has 16 nitrogen and oxygen atoms in total. The summed E-state index contributed by atoms with van der Waals surface area (Å²) in [5.74, 6) is -2.94. The van der Waals surface area contributed by atoms with E-state index in [9.17, 15) is 27.8 Å². The van der Waals surface area contributed by atoms with Gasteiger partial charge in [0.25, 0.3) is 5.91 Å². The number of anilines is 4. The molecule has 8 rings (SSSR count). The zero-order valence-corrected chi connectivity index (χ0v) is 40.3. The van der Waals surface area contributed by atoms with Crippen LogP contribution in [0.3, 0.4) is 0 Å². The Morgan fingerprint density at radius 3 is 2.11 bits per heavy atom. The second-order valence-electron chi connectivity index (χ2n) is 17.2. The highest BCUT2D eigenvalue weighted by atomic mass is 32.2. The van der Waals surface area contributed by atoms with E-state index in [1.165, 1.54) is 57.6 Å². The average molecular weight is 988 g/mol. The van der Waals surface area contributed by atoms with Crippen LogP contribution < -0.4 is 30.5 Å². The number of fused-ring (bicyclic) bond motifs is 1. The third-order valence-corrected chi connectivity index (χ3v) is 14.3. The quantitative estimate of drug-likeness (QED) is 0.0688. The Morgan fingerprint density at radius 2 is 1.41 bits per heavy atom. The number of methoxy groups -OCH3 is 1. The van der Waals surface area contributed by atoms with Crippen molar-refractivity contribution in [1.82, 2.24) is 30.4 Å². The normalized spacial score (nSPS) is 14.4. The van der Waals surface area contributed by atoms with E-state index in [2.05, 4.69) is 20.9 Å². The molecule has 70 heavy (non-hydrogen) atoms. The Morgan fingerprint density at radius 1 is 0.757 bits per heavy atom. The van der Waals surface area contributed by atoms with Crippen molar-refractivity contribution >= 4 is 85.6 Å². The lowest BCUT2D eigenvalue weighted by Crippen LogP contribution is -2.46. The molecule has 0 radical (unpaired) electrons. The Bertz CT molecular complexity index is 2860. The summed E-state index contributed by atoms with van der Waals surface area (Å²) in [5, 5.41) is 14.9. The molecule has 364 valence electrons. The van der Waals surface area contributed by atoms with Crippen LogP contribution in [0.1, 0.15) is 57.8 Å². The summed E-state index contributed by atoms with van der Waals surface area (Å²) in [6.45, 7) is -0.703. The Labute approximate surface area is 411 Å². The monoisotopic (exact) mass is 987 g/mol. The fourth-order valence-corrected chi connectivity index (χ4v) is 10.5. The van der Waals surface area contributed by atoms with E-state index in [0.29, 0.717) is 55.8 Å². The minimum Gasteiger partial charge on any atom is -0.497 e. The summed E-state index contributed by atoms with van der Waals surface area (Å²) in [4.78, 5) is 81.0. The van der Waals surface area contributed by atoms with Crippen LogP contribution in [0.5, 0.6) is 5.75 Å². The molecule has 5 amide bonds. The van der Waals surface area contributed by atoms with Gasteiger partial charge in [0.05, 0.1) is 29.9 Å². The zero-order chi connectivity index (χ0) is 49.0. The van der Waals surface area contributed by atoms with Gasteiger partial charge in [-0.3, -0.25) is 38.1 Å². The molecule has 2 aliphatic rings. The van der Waals surface area contributed by atoms with E-state index in [4.69, 9.17) is 14.8 Å². The number of nitrogens with one attached hydrogen (secondary N) is 3. The fraction of sp³-hybridized carbons (Fsp3) is 0.333. The van der Waals surface area contributed by atoms with Crippen molar-refractivity contribution < 1.29 is 37.3 Å². The number of rotatable bonds is 19. The number of carbonyl (C=O) groups excluding carboxylic acids is 5. The topological polar surface area (TPSA) is 198 Å². The highest BCUT2D eigenvalue weighted by Gasteiger charge is 2.29. The van der Waals surface area contributed by atoms with Crippen molar-refractivity contribution in [2.24, 2.45) is 0 Å². The van der Waals surface area contributed by atoms with E-state index in [1.807, 2.05) is 0 Å². The van der Waals surface area contributed by atoms with Crippen molar-refractivity contribution in [2.75, 3.05) is 46.0 Å². The van der Waals surface area contributed by atoms with Crippen LogP contribution in [0, 0.1) is 5.82 Å². The molecule has 2 heterocycles. The Balaban J connectivity index is 1.12. The number of aromatic nitrogens is 4. The molecule has 0 spiro atoms. The number of nitrogens with zero attached hydrogens (tertiary/aromatic N) is 6. The first kappa shape index (κ1) is 49.4. The van der Waals surface area contributed by atoms with Gasteiger partial charge in [0.2, 0.25) is 23.6 Å². The van der Waals surface area contributed by atoms with Gasteiger partial charge in [-0.25, -0.2) is 14.1 Å². The van der Waals surface area contributed by atoms with Gasteiger partial charge in [-0.15, -0.1) is 5.10 Å². The van der Waals surface area contributed by atoms with Crippen LogP contribution >= 0.6 is 11.8 Å². The van der Waals surface area contributed by atoms with Crippen LogP contribution in [-0.4, -0.2) is 96.5 Å². The minimum absolute atomic E-state index is 0.0530. The Hall–Kier alpha value is -6.99. The molecule has 4 aromatic carbocycles. The van der Waals surface area contributed by atoms with Crippen molar-refractivity contribution in [2.45, 2.75) is 81.6 Å². The largest absolute Gasteiger partial charge is 0.497 e. The number of amides is 5. The molecule has 0 bridgehead atoms. The molecule has 2 aromatic heterocycles. The number of carbonyl (C=O) groups is 5. The molecule has 19 heteroatoms. The standard InChI is InChI=1S/C51H54FN9O7S2/c1-68-40-15-9-14-39(28-40)61(48(65)30-60-51(57-50(58-60)34-24-26-53-27-25-34)69-31-46(63)55-37-12-5-6-13-37)44-23-22-43(41-16-7-8-17-42(41)44)59(29-45(62)54-36-10-3-2-4-11-36)49(66)33-70(67)32-47(64)56-38-20-18-35(52)19-21-38/h7-9,14-28,36-37H,2-6,10-13,29-33H2,1H3,(H,54,62)(H,55,63)(H,56,64). The number of ether oxygens (including phenoxy) is 1. The first-order valence-corrected chi connectivity index (χ1v) is 25.7. The third-order valence-electron chi connectivity index (χ3n) is 12.2. The van der Waals surface area contributed by atoms with Crippen molar-refractivity contribution in [3.05, 3.63) is 115 Å². The fourth-order valence-electron chi connectivity index (χ4n) is 8.81. The number of hydrogen-bond donors (Lipinski definition) is 3. The lowest BCUT2D eigenvalue weighted by atomic mass is 9.95. The summed E-state index contributed by atoms with van der Waals surface area (Å²) in [6.07, 6.45) is 11.9. The highest BCUT2D eigenvalue weighted by molar-refractivity contribution is 7.99. The minimum atomic E-state index is -2.01. The SMILES string of the molecule is COc1cccc(N(C(=O)Cn2nc(-c3ccncc3)nc2SCC(=O)NC2CCCC2)c2ccc(N(CC(=O)NC3CCCCC3)C(=O)CS(=O)CC(=O)Nc3ccc(F)cc3)c3ccccc23)c1. The molecule has 3 N–H and O–H groups in total. The van der Waals surface area contributed by atoms with E-state index < -0.39 is 58.3 Å². The second-order valence-corrected chi connectivity index (χ2v) is 19.6. The summed E-state index contributed by atoms with van der Waals surface area (Å²) in [5.41, 5.74) is 2.18. The van der Waals surface area contributed by atoms with E-state index in [-0.39, 0.29) is 30.3 Å². The molecular weight excluding hydrogens is 934 g/mol. The van der Waals surface area contributed by atoms with E-state index >= 15 is 4.79 Å². The molecule has 1 unspecified atom stereocenters. The van der Waals surface area contributed by atoms with Gasteiger partial charge in [0, 0.05) is 63.4 Å². The summed E-state index contributed by atoms with van der Waals surface area (Å²) in [6, 6.07) is 26.2. The maximum absolute atomic E-state index is 15.1. The lowest BCUT2D eigenvalue weighted by molar-refractivity contribution is -0.123. The lowest BCUT2D eigenvalue weighted by Gasteiger charge is -2.29. The number of pyridine rings is 1. The molecule has 2 saturated carbocycles. The van der Waals surface area contributed by atoms with Crippen LogP contribution in [-0.2, 0) is 41.3 Å². The highest BCUT2D eigenvalue weighted by Crippen LogP contribution is 2.39. The molecule has 2 fully saturated rings. The van der Waals surface area contributed by atoms with Gasteiger partial charge in [-0.2, -0.15) is 0 Å². The molecule has 1 atom stereocenters. The van der Waals surface area contributed by atoms with Crippen LogP contribution in [0.2, 0.25) is 0 Å². The number of benzene rings is 4. The van der Waals surface area contributed by atoms with Crippen molar-refractivity contribution in [1.29, 1.82) is 0 Å². The van der Waals surface area contributed by atoms with Gasteiger partial charge in [0.15, 0.2) is 11.0 Å². The summed E-state index contributed by atoms with van der Waals surface area (Å²) >= 11 is 1.18. The van der Waals surface area contributed by atoms with Crippen molar-refractivity contribution in [3.8, 4) is 17.1 Å². The maximum Gasteiger partial charge on any atom is 0.253 e. The summed E-state index contributed by atoms with van der Waals surface area (Å²) < 4.78 is 34.1. The average Bonchev–Trinajstić information content (AvgIpc) is 4.04. The number of hydrogen-bond acceptors (Lipinski definition) is 11. The summed E-state index contributed by atoms with van der Waals surface area (Å²) in [7, 11) is -0.479. The number of halogens is 1. The maximum atomic E-state index is 15.1. The van der Waals surface area contributed by atoms with E-state index in [0.717, 1.165) is 57.8 Å². The molecule has 6 aromatic rings. The second kappa shape index (κ2) is 23.5. The molecule has 2 aliphatic carbocycles. The predicted octanol–water partition coefficient (Wildman–Crippen LogP) is 7.33. The predicted molar refractivity (Wildman–Crippen MR) is 269 cm³/mol. The van der Waals surface area contributed by atoms with Gasteiger partial charge in [0.1, 0.15) is 36.2 Å². The van der Waals surface area contributed by atoms with Gasteiger partial charge >= 0.3 is 0 Å². The van der Waals surface area contributed by atoms with Gasteiger partial charge in [-0.05, 0) is 86.3 Å². The zero-order valence-electron chi connectivity index (χ0n) is 38.7. The molecular formula is C51H54FN9O7S2. The number of thioether (sulfide) groups is 1. The third kappa shape index (κ3) is 12.8. The van der Waals surface area contributed by atoms with Crippen LogP contribution in [0.15, 0.2) is 115 Å². The Kier molecular flexibility index (Phi) is 16.6.